The molecule has 10 heteroatoms. The number of aromatic nitrogens is 4. The topological polar surface area (TPSA) is 108 Å². The summed E-state index contributed by atoms with van der Waals surface area (Å²) in [5, 5.41) is 0. The van der Waals surface area contributed by atoms with Crippen LogP contribution in [-0.4, -0.2) is 30.2 Å². The van der Waals surface area contributed by atoms with Crippen molar-refractivity contribution in [3.8, 4) is 0 Å². The molecule has 2 rings (SSSR count). The highest BCUT2D eigenvalue weighted by Gasteiger charge is 2.15. The lowest BCUT2D eigenvalue weighted by Crippen LogP contribution is -2.39. The van der Waals surface area contributed by atoms with Crippen molar-refractivity contribution < 1.29 is 14.0 Å². The molecule has 0 fully saturated rings. The summed E-state index contributed by atoms with van der Waals surface area (Å²) >= 11 is 0. The predicted molar refractivity (Wildman–Crippen MR) is 97.3 cm³/mol. The fourth-order valence-corrected chi connectivity index (χ4v) is 2.46. The quantitative estimate of drug-likeness (QED) is 0.581. The third-order valence-corrected chi connectivity index (χ3v) is 4.15. The van der Waals surface area contributed by atoms with Crippen LogP contribution >= 0.6 is 8.25 Å². The highest BCUT2D eigenvalue weighted by Crippen LogP contribution is 2.14. The minimum absolute atomic E-state index is 0.00890. The average Bonchev–Trinajstić information content (AvgIpc) is 3.03. The first-order valence-electron chi connectivity index (χ1n) is 8.39. The van der Waals surface area contributed by atoms with E-state index in [0.29, 0.717) is 17.7 Å². The third kappa shape index (κ3) is 5.39. The molecule has 0 spiro atoms. The fraction of sp³-hybridized carbons (Fsp3) is 0.667. The van der Waals surface area contributed by atoms with Crippen LogP contribution in [0.1, 0.15) is 40.0 Å². The second-order valence-electron chi connectivity index (χ2n) is 5.47. The molecule has 0 saturated heterocycles. The maximum atomic E-state index is 12.4. The first-order valence-corrected chi connectivity index (χ1v) is 9.65. The van der Waals surface area contributed by atoms with Crippen LogP contribution in [0.4, 0.5) is 0 Å². The molecule has 0 aromatic carbocycles. The molecule has 9 nitrogen and oxygen atoms in total. The second-order valence-corrected chi connectivity index (χ2v) is 6.29. The van der Waals surface area contributed by atoms with E-state index in [-0.39, 0.29) is 19.6 Å². The van der Waals surface area contributed by atoms with Gasteiger partial charge in [-0.1, -0.05) is 26.7 Å². The molecule has 0 aliphatic rings. The van der Waals surface area contributed by atoms with Gasteiger partial charge in [0.1, 0.15) is 0 Å². The summed E-state index contributed by atoms with van der Waals surface area (Å²) < 4.78 is 19.1. The van der Waals surface area contributed by atoms with Gasteiger partial charge in [0.15, 0.2) is 11.2 Å². The molecule has 0 amide bonds. The average molecular weight is 374 g/mol. The van der Waals surface area contributed by atoms with Gasteiger partial charge in [0.2, 0.25) is 0 Å². The van der Waals surface area contributed by atoms with Gasteiger partial charge in [-0.2, -0.15) is 0 Å². The Morgan fingerprint density at radius 1 is 1.24 bits per heavy atom. The molecule has 1 N–H and O–H groups in total. The standard InChI is InChI=1S/C11H17N4O5P.C4H10/c1-3-14-7-12-9-8(14)10(16)15(11(17)13(9)2)5-4-6-20-21(18)19;1-3-4-2/h7,21H,3-6H2,1-2H3,(H,18,19);3-4H2,1-2H3. The SMILES string of the molecule is CCCC.CCn1cnc2c1c(=O)n(CCCO[PH](=O)O)c(=O)n2C. The molecular weight excluding hydrogens is 347 g/mol. The zero-order valence-corrected chi connectivity index (χ0v) is 16.2. The van der Waals surface area contributed by atoms with Gasteiger partial charge in [-0.15, -0.1) is 0 Å². The molecule has 0 radical (unpaired) electrons. The third-order valence-electron chi connectivity index (χ3n) is 3.69. The number of aryl methyl sites for hydroxylation is 2. The Labute approximate surface area is 146 Å². The van der Waals surface area contributed by atoms with Crippen LogP contribution < -0.4 is 11.2 Å². The van der Waals surface area contributed by atoms with Crippen molar-refractivity contribution in [3.63, 3.8) is 0 Å². The number of fused-ring (bicyclic) bond motifs is 1. The van der Waals surface area contributed by atoms with Crippen molar-refractivity contribution in [2.75, 3.05) is 6.61 Å². The van der Waals surface area contributed by atoms with Gasteiger partial charge in [-0.25, -0.2) is 9.78 Å². The smallest absolute Gasteiger partial charge is 0.326 e. The van der Waals surface area contributed by atoms with Crippen molar-refractivity contribution in [2.24, 2.45) is 7.05 Å². The van der Waals surface area contributed by atoms with Crippen LogP contribution in [0.15, 0.2) is 15.9 Å². The Morgan fingerprint density at radius 2 is 1.88 bits per heavy atom. The number of nitrogens with zero attached hydrogens (tertiary/aromatic N) is 4. The number of hydrogen-bond donors (Lipinski definition) is 1. The lowest BCUT2D eigenvalue weighted by molar-refractivity contribution is 0.270. The van der Waals surface area contributed by atoms with Crippen molar-refractivity contribution in [1.82, 2.24) is 18.7 Å². The minimum Gasteiger partial charge on any atom is -0.326 e. The van der Waals surface area contributed by atoms with Crippen LogP contribution in [0.25, 0.3) is 11.2 Å². The maximum Gasteiger partial charge on any atom is 0.332 e. The summed E-state index contributed by atoms with van der Waals surface area (Å²) in [4.78, 5) is 37.2. The zero-order valence-electron chi connectivity index (χ0n) is 15.2. The van der Waals surface area contributed by atoms with E-state index < -0.39 is 19.5 Å². The summed E-state index contributed by atoms with van der Waals surface area (Å²) in [6.07, 6.45) is 4.45. The Morgan fingerprint density at radius 3 is 2.40 bits per heavy atom. The highest BCUT2D eigenvalue weighted by molar-refractivity contribution is 7.32. The molecule has 2 heterocycles. The molecule has 0 aliphatic carbocycles. The van der Waals surface area contributed by atoms with E-state index in [0.717, 1.165) is 4.57 Å². The van der Waals surface area contributed by atoms with E-state index in [1.165, 1.54) is 23.7 Å². The first kappa shape index (κ1) is 21.3. The summed E-state index contributed by atoms with van der Waals surface area (Å²) in [5.74, 6) is 0. The Hall–Kier alpha value is -1.70. The van der Waals surface area contributed by atoms with Crippen molar-refractivity contribution in [2.45, 2.75) is 53.1 Å². The van der Waals surface area contributed by atoms with Crippen LogP contribution in [0.3, 0.4) is 0 Å². The van der Waals surface area contributed by atoms with Crippen LogP contribution in [-0.2, 0) is 29.2 Å². The predicted octanol–water partition coefficient (Wildman–Crippen LogP) is 1.51. The lowest BCUT2D eigenvalue weighted by Gasteiger charge is -2.08. The number of imidazole rings is 1. The normalized spacial score (nSPS) is 12.0. The van der Waals surface area contributed by atoms with E-state index in [1.807, 2.05) is 6.92 Å². The van der Waals surface area contributed by atoms with E-state index in [1.54, 1.807) is 11.6 Å². The Bertz CT molecular complexity index is 822. The molecular formula is C15H27N4O5P. The van der Waals surface area contributed by atoms with Gasteiger partial charge in [0.25, 0.3) is 5.56 Å². The fourth-order valence-electron chi connectivity index (χ4n) is 2.14. The maximum absolute atomic E-state index is 12.4. The van der Waals surface area contributed by atoms with Gasteiger partial charge in [0, 0.05) is 20.1 Å². The Kier molecular flexibility index (Phi) is 8.82. The van der Waals surface area contributed by atoms with Gasteiger partial charge in [-0.3, -0.25) is 18.5 Å². The summed E-state index contributed by atoms with van der Waals surface area (Å²) in [6.45, 7) is 6.93. The van der Waals surface area contributed by atoms with Crippen molar-refractivity contribution >= 4 is 19.4 Å². The van der Waals surface area contributed by atoms with E-state index in [4.69, 9.17) is 4.89 Å². The molecule has 0 bridgehead atoms. The first-order chi connectivity index (χ1) is 11.9. The van der Waals surface area contributed by atoms with Crippen molar-refractivity contribution in [3.05, 3.63) is 27.2 Å². The largest absolute Gasteiger partial charge is 0.332 e. The zero-order chi connectivity index (χ0) is 19.0. The summed E-state index contributed by atoms with van der Waals surface area (Å²) in [5.41, 5.74) is -0.161. The Balaban J connectivity index is 0.000000705. The highest BCUT2D eigenvalue weighted by atomic mass is 31.1. The van der Waals surface area contributed by atoms with Crippen LogP contribution in [0, 0.1) is 0 Å². The van der Waals surface area contributed by atoms with Crippen molar-refractivity contribution in [1.29, 1.82) is 0 Å². The number of hydrogen-bond acceptors (Lipinski definition) is 5. The van der Waals surface area contributed by atoms with Gasteiger partial charge < -0.3 is 14.0 Å². The van der Waals surface area contributed by atoms with Gasteiger partial charge >= 0.3 is 13.9 Å². The molecule has 25 heavy (non-hydrogen) atoms. The summed E-state index contributed by atoms with van der Waals surface area (Å²) in [7, 11) is -1.44. The molecule has 1 unspecified atom stereocenters. The van der Waals surface area contributed by atoms with Gasteiger partial charge in [-0.05, 0) is 13.3 Å². The lowest BCUT2D eigenvalue weighted by atomic mass is 10.4. The van der Waals surface area contributed by atoms with Gasteiger partial charge in [0.05, 0.1) is 12.9 Å². The van der Waals surface area contributed by atoms with E-state index in [2.05, 4.69) is 23.4 Å². The van der Waals surface area contributed by atoms with E-state index in [9.17, 15) is 14.2 Å². The molecule has 142 valence electrons. The van der Waals surface area contributed by atoms with Crippen LogP contribution in [0.2, 0.25) is 0 Å². The molecule has 0 aliphatic heterocycles. The monoisotopic (exact) mass is 374 g/mol. The van der Waals surface area contributed by atoms with Crippen LogP contribution in [0.5, 0.6) is 0 Å². The number of unbranched alkanes of at least 4 members (excludes halogenated alkanes) is 1. The molecule has 2 aromatic heterocycles. The van der Waals surface area contributed by atoms with E-state index >= 15 is 0 Å². The minimum atomic E-state index is -2.99. The summed E-state index contributed by atoms with van der Waals surface area (Å²) in [6, 6.07) is 0. The molecule has 2 aromatic rings. The number of rotatable bonds is 7. The molecule has 1 atom stereocenters. The molecule has 0 saturated carbocycles. The second kappa shape index (κ2) is 10.3.